The van der Waals surface area contributed by atoms with Crippen molar-refractivity contribution in [3.8, 4) is 0 Å². The molecule has 1 fully saturated rings. The predicted molar refractivity (Wildman–Crippen MR) is 112 cm³/mol. The number of amides is 1. The lowest BCUT2D eigenvalue weighted by Gasteiger charge is -2.10. The van der Waals surface area contributed by atoms with E-state index in [2.05, 4.69) is 57.6 Å². The van der Waals surface area contributed by atoms with E-state index in [0.29, 0.717) is 6.42 Å². The van der Waals surface area contributed by atoms with Gasteiger partial charge in [-0.25, -0.2) is 16.3 Å². The van der Waals surface area contributed by atoms with Gasteiger partial charge in [-0.3, -0.25) is 4.79 Å². The second kappa shape index (κ2) is 7.96. The zero-order chi connectivity index (χ0) is 19.5. The number of carbonyl (C=O) groups excluding carboxylic acids is 1. The van der Waals surface area contributed by atoms with Crippen LogP contribution in [-0.4, -0.2) is 23.1 Å². The monoisotopic (exact) mass is 375 g/mol. The minimum Gasteiger partial charge on any atom is -0.358 e. The Bertz CT molecular complexity index is 1010. The number of hydrazine groups is 1. The van der Waals surface area contributed by atoms with Crippen molar-refractivity contribution in [1.29, 1.82) is 0 Å². The molecule has 0 radical (unpaired) electrons. The number of nitrogens with one attached hydrogen (secondary N) is 4. The van der Waals surface area contributed by atoms with Crippen molar-refractivity contribution in [3.05, 3.63) is 70.9 Å². The maximum absolute atomic E-state index is 12.5. The number of aromatic nitrogens is 1. The number of H-pyrrole nitrogens is 1. The molecule has 1 amide bonds. The number of hydrogen-bond acceptors (Lipinski definition) is 4. The summed E-state index contributed by atoms with van der Waals surface area (Å²) < 4.78 is 0. The van der Waals surface area contributed by atoms with E-state index >= 15 is 0 Å². The van der Waals surface area contributed by atoms with Gasteiger partial charge in [0.1, 0.15) is 6.04 Å². The Morgan fingerprint density at radius 3 is 2.75 bits per heavy atom. The maximum Gasteiger partial charge on any atom is 0.258 e. The number of nitrogens with zero attached hydrogens (tertiary/aromatic N) is 1. The van der Waals surface area contributed by atoms with Crippen LogP contribution in [0.1, 0.15) is 41.8 Å². The van der Waals surface area contributed by atoms with Crippen LogP contribution in [-0.2, 0) is 11.2 Å². The maximum atomic E-state index is 12.5. The van der Waals surface area contributed by atoms with Gasteiger partial charge in [0.2, 0.25) is 0 Å². The third-order valence-corrected chi connectivity index (χ3v) is 5.32. The van der Waals surface area contributed by atoms with Crippen LogP contribution in [0.3, 0.4) is 0 Å². The number of hydrogen-bond donors (Lipinski definition) is 4. The zero-order valence-corrected chi connectivity index (χ0v) is 16.1. The van der Waals surface area contributed by atoms with Crippen molar-refractivity contribution in [1.82, 2.24) is 21.3 Å². The van der Waals surface area contributed by atoms with Crippen LogP contribution in [0.2, 0.25) is 0 Å². The summed E-state index contributed by atoms with van der Waals surface area (Å²) in [5.41, 5.74) is 14.5. The summed E-state index contributed by atoms with van der Waals surface area (Å²) in [5.74, 6) is -0.145. The van der Waals surface area contributed by atoms with Crippen LogP contribution in [0, 0.1) is 6.92 Å². The van der Waals surface area contributed by atoms with Gasteiger partial charge in [-0.15, -0.1) is 0 Å². The molecule has 4 rings (SSSR count). The number of hydrazone groups is 1. The van der Waals surface area contributed by atoms with E-state index in [1.54, 1.807) is 6.21 Å². The molecule has 28 heavy (non-hydrogen) atoms. The molecule has 4 N–H and O–H groups in total. The van der Waals surface area contributed by atoms with Gasteiger partial charge in [-0.05, 0) is 37.0 Å². The van der Waals surface area contributed by atoms with E-state index in [0.717, 1.165) is 28.6 Å². The van der Waals surface area contributed by atoms with Crippen LogP contribution >= 0.6 is 0 Å². The van der Waals surface area contributed by atoms with Crippen molar-refractivity contribution in [3.63, 3.8) is 0 Å². The Balaban J connectivity index is 1.37. The highest BCUT2D eigenvalue weighted by molar-refractivity contribution is 6.00. The Hall–Kier alpha value is -2.96. The van der Waals surface area contributed by atoms with E-state index in [1.807, 2.05) is 31.2 Å². The molecule has 6 nitrogen and oxygen atoms in total. The molecule has 2 heterocycles. The second-order valence-corrected chi connectivity index (χ2v) is 7.17. The standard InChI is InChI=1S/C22H25N5O/c1-3-15-8-10-16(11-9-15)20-12-21(26-25-20)22(28)27-23-13-18-14(2)24-19-7-5-4-6-17(18)19/h4-11,13,20-21,24-26H,3,12H2,1-2H3,(H,27,28)/b23-13+. The molecule has 6 heteroatoms. The third kappa shape index (κ3) is 3.69. The fourth-order valence-electron chi connectivity index (χ4n) is 3.64. The first-order chi connectivity index (χ1) is 13.7. The van der Waals surface area contributed by atoms with Gasteiger partial charge in [-0.1, -0.05) is 49.4 Å². The topological polar surface area (TPSA) is 81.3 Å². The number of fused-ring (bicyclic) bond motifs is 1. The minimum absolute atomic E-state index is 0.112. The lowest BCUT2D eigenvalue weighted by Crippen LogP contribution is -2.41. The highest BCUT2D eigenvalue weighted by Crippen LogP contribution is 2.23. The van der Waals surface area contributed by atoms with Gasteiger partial charge in [0.25, 0.3) is 5.91 Å². The highest BCUT2D eigenvalue weighted by atomic mass is 16.2. The van der Waals surface area contributed by atoms with Crippen molar-refractivity contribution in [2.45, 2.75) is 38.8 Å². The summed E-state index contributed by atoms with van der Waals surface area (Å²) in [6.07, 6.45) is 3.41. The molecule has 1 aliphatic heterocycles. The molecule has 144 valence electrons. The Morgan fingerprint density at radius 2 is 1.96 bits per heavy atom. The van der Waals surface area contributed by atoms with Crippen molar-refractivity contribution in [2.75, 3.05) is 0 Å². The number of carbonyl (C=O) groups is 1. The van der Waals surface area contributed by atoms with Crippen LogP contribution in [0.5, 0.6) is 0 Å². The first-order valence-electron chi connectivity index (χ1n) is 9.66. The van der Waals surface area contributed by atoms with Gasteiger partial charge in [0.05, 0.1) is 6.21 Å². The molecule has 3 aromatic rings. The van der Waals surface area contributed by atoms with Crippen molar-refractivity contribution in [2.24, 2.45) is 5.10 Å². The summed E-state index contributed by atoms with van der Waals surface area (Å²) in [7, 11) is 0. The van der Waals surface area contributed by atoms with E-state index < -0.39 is 0 Å². The summed E-state index contributed by atoms with van der Waals surface area (Å²) in [4.78, 5) is 15.8. The van der Waals surface area contributed by atoms with Crippen LogP contribution in [0.15, 0.2) is 53.6 Å². The van der Waals surface area contributed by atoms with Gasteiger partial charge in [0, 0.05) is 28.2 Å². The van der Waals surface area contributed by atoms with Gasteiger partial charge >= 0.3 is 0 Å². The molecular weight excluding hydrogens is 350 g/mol. The Morgan fingerprint density at radius 1 is 1.18 bits per heavy atom. The quantitative estimate of drug-likeness (QED) is 0.409. The molecule has 0 bridgehead atoms. The predicted octanol–water partition coefficient (Wildman–Crippen LogP) is 3.10. The van der Waals surface area contributed by atoms with Gasteiger partial charge in [-0.2, -0.15) is 5.10 Å². The number of benzene rings is 2. The minimum atomic E-state index is -0.322. The fraction of sp³-hybridized carbons (Fsp3) is 0.273. The van der Waals surface area contributed by atoms with Crippen LogP contribution in [0.4, 0.5) is 0 Å². The molecule has 1 saturated heterocycles. The zero-order valence-electron chi connectivity index (χ0n) is 16.1. The third-order valence-electron chi connectivity index (χ3n) is 5.32. The summed E-state index contributed by atoms with van der Waals surface area (Å²) in [5, 5.41) is 5.27. The van der Waals surface area contributed by atoms with Crippen molar-refractivity contribution < 1.29 is 4.79 Å². The lowest BCUT2D eigenvalue weighted by molar-refractivity contribution is -0.122. The number of para-hydroxylation sites is 1. The Kier molecular flexibility index (Phi) is 5.23. The molecule has 2 atom stereocenters. The summed E-state index contributed by atoms with van der Waals surface area (Å²) in [6.45, 7) is 4.14. The summed E-state index contributed by atoms with van der Waals surface area (Å²) in [6, 6.07) is 16.4. The highest BCUT2D eigenvalue weighted by Gasteiger charge is 2.29. The average Bonchev–Trinajstić information content (AvgIpc) is 3.33. The van der Waals surface area contributed by atoms with Crippen molar-refractivity contribution >= 4 is 23.0 Å². The van der Waals surface area contributed by atoms with Gasteiger partial charge < -0.3 is 4.98 Å². The van der Waals surface area contributed by atoms with E-state index in [1.165, 1.54) is 11.1 Å². The number of aryl methyl sites for hydroxylation is 2. The molecule has 2 aromatic carbocycles. The van der Waals surface area contributed by atoms with E-state index in [4.69, 9.17) is 0 Å². The normalized spacial score (nSPS) is 19.5. The summed E-state index contributed by atoms with van der Waals surface area (Å²) >= 11 is 0. The SMILES string of the molecule is CCc1ccc(C2CC(C(=O)N/N=C/c3c(C)[nH]c4ccccc34)NN2)cc1. The van der Waals surface area contributed by atoms with Crippen LogP contribution < -0.4 is 16.3 Å². The lowest BCUT2D eigenvalue weighted by atomic mass is 10.00. The first kappa shape index (κ1) is 18.4. The molecule has 0 saturated carbocycles. The number of rotatable bonds is 5. The molecular formula is C22H25N5O. The van der Waals surface area contributed by atoms with Gasteiger partial charge in [0.15, 0.2) is 0 Å². The van der Waals surface area contributed by atoms with E-state index in [9.17, 15) is 4.79 Å². The second-order valence-electron chi connectivity index (χ2n) is 7.17. The molecule has 0 spiro atoms. The average molecular weight is 375 g/mol. The first-order valence-corrected chi connectivity index (χ1v) is 9.66. The molecule has 1 aromatic heterocycles. The van der Waals surface area contributed by atoms with E-state index in [-0.39, 0.29) is 18.0 Å². The van der Waals surface area contributed by atoms with Crippen LogP contribution in [0.25, 0.3) is 10.9 Å². The smallest absolute Gasteiger partial charge is 0.258 e. The fourth-order valence-corrected chi connectivity index (χ4v) is 3.64. The molecule has 0 aliphatic carbocycles. The molecule has 2 unspecified atom stereocenters. The Labute approximate surface area is 164 Å². The molecule has 1 aliphatic rings. The number of aromatic amines is 1. The largest absolute Gasteiger partial charge is 0.358 e.